The van der Waals surface area contributed by atoms with Gasteiger partial charge in [-0.2, -0.15) is 12.6 Å². The van der Waals surface area contributed by atoms with E-state index in [9.17, 15) is 0 Å². The summed E-state index contributed by atoms with van der Waals surface area (Å²) < 4.78 is 5.10. The van der Waals surface area contributed by atoms with E-state index in [1.54, 1.807) is 7.11 Å². The van der Waals surface area contributed by atoms with Crippen LogP contribution in [-0.4, -0.2) is 12.9 Å². The molecule has 1 nitrogen and oxygen atoms in total. The number of hydrogen-bond acceptors (Lipinski definition) is 2. The predicted octanol–water partition coefficient (Wildman–Crippen LogP) is 2.28. The fraction of sp³-hybridized carbons (Fsp3) is 0.273. The van der Waals surface area contributed by atoms with Crippen LogP contribution in [0.25, 0.3) is 0 Å². The summed E-state index contributed by atoms with van der Waals surface area (Å²) in [7, 11) is 1.65. The molecule has 0 aliphatic rings. The molecule has 0 unspecified atom stereocenters. The van der Waals surface area contributed by atoms with E-state index in [4.69, 9.17) is 4.74 Å². The van der Waals surface area contributed by atoms with Crippen LogP contribution in [0, 0.1) is 18.8 Å². The molecular formula is C11H12OS. The van der Waals surface area contributed by atoms with Gasteiger partial charge in [0.2, 0.25) is 0 Å². The summed E-state index contributed by atoms with van der Waals surface area (Å²) in [5, 5.41) is 0. The molecule has 0 amide bonds. The average molecular weight is 192 g/mol. The third-order valence-electron chi connectivity index (χ3n) is 1.75. The largest absolute Gasteiger partial charge is 0.497 e. The SMILES string of the molecule is COc1ccc(C)c(C#CCS)c1. The van der Waals surface area contributed by atoms with Crippen LogP contribution in [0.4, 0.5) is 0 Å². The highest BCUT2D eigenvalue weighted by molar-refractivity contribution is 7.80. The Bertz CT molecular complexity index is 347. The third kappa shape index (κ3) is 2.71. The summed E-state index contributed by atoms with van der Waals surface area (Å²) in [6.45, 7) is 2.03. The molecule has 0 aliphatic heterocycles. The number of thiol groups is 1. The first-order chi connectivity index (χ1) is 6.27. The monoisotopic (exact) mass is 192 g/mol. The van der Waals surface area contributed by atoms with E-state index in [0.29, 0.717) is 5.75 Å². The van der Waals surface area contributed by atoms with E-state index in [1.165, 1.54) is 0 Å². The molecule has 0 saturated heterocycles. The number of benzene rings is 1. The Labute approximate surface area is 84.5 Å². The Kier molecular flexibility index (Phi) is 3.72. The van der Waals surface area contributed by atoms with Crippen molar-refractivity contribution in [2.24, 2.45) is 0 Å². The van der Waals surface area contributed by atoms with Gasteiger partial charge in [0, 0.05) is 5.56 Å². The number of ether oxygens (including phenoxy) is 1. The number of hydrogen-bond donors (Lipinski definition) is 1. The summed E-state index contributed by atoms with van der Waals surface area (Å²) in [6, 6.07) is 5.87. The molecule has 0 saturated carbocycles. The summed E-state index contributed by atoms with van der Waals surface area (Å²) >= 11 is 4.03. The van der Waals surface area contributed by atoms with Gasteiger partial charge in [-0.1, -0.05) is 17.9 Å². The normalized spacial score (nSPS) is 8.85. The first-order valence-electron chi connectivity index (χ1n) is 4.02. The molecule has 0 aliphatic carbocycles. The summed E-state index contributed by atoms with van der Waals surface area (Å²) in [5.74, 6) is 7.37. The Hall–Kier alpha value is -1.07. The maximum atomic E-state index is 5.10. The quantitative estimate of drug-likeness (QED) is 0.530. The standard InChI is InChI=1S/C11H12OS/c1-9-5-6-11(12-2)8-10(9)4-3-7-13/h5-6,8,13H,7H2,1-2H3. The number of aryl methyl sites for hydroxylation is 1. The lowest BCUT2D eigenvalue weighted by Gasteiger charge is -2.02. The first-order valence-corrected chi connectivity index (χ1v) is 4.65. The second-order valence-electron chi connectivity index (χ2n) is 2.64. The molecule has 1 aromatic carbocycles. The zero-order valence-corrected chi connectivity index (χ0v) is 8.69. The lowest BCUT2D eigenvalue weighted by atomic mass is 10.1. The molecule has 0 heterocycles. The number of methoxy groups -OCH3 is 1. The fourth-order valence-electron chi connectivity index (χ4n) is 0.998. The summed E-state index contributed by atoms with van der Waals surface area (Å²) in [4.78, 5) is 0. The molecule has 0 spiro atoms. The minimum absolute atomic E-state index is 0.580. The third-order valence-corrected chi connectivity index (χ3v) is 1.90. The summed E-state index contributed by atoms with van der Waals surface area (Å²) in [5.41, 5.74) is 2.17. The Balaban J connectivity index is 3.04. The van der Waals surface area contributed by atoms with Crippen molar-refractivity contribution in [2.75, 3.05) is 12.9 Å². The van der Waals surface area contributed by atoms with Crippen molar-refractivity contribution in [3.63, 3.8) is 0 Å². The highest BCUT2D eigenvalue weighted by Gasteiger charge is 1.96. The molecule has 68 valence electrons. The van der Waals surface area contributed by atoms with Gasteiger partial charge in [-0.3, -0.25) is 0 Å². The second-order valence-corrected chi connectivity index (χ2v) is 2.96. The van der Waals surface area contributed by atoms with Crippen LogP contribution in [0.1, 0.15) is 11.1 Å². The van der Waals surface area contributed by atoms with Crippen LogP contribution in [0.5, 0.6) is 5.75 Å². The van der Waals surface area contributed by atoms with Gasteiger partial charge in [-0.25, -0.2) is 0 Å². The summed E-state index contributed by atoms with van der Waals surface area (Å²) in [6.07, 6.45) is 0. The Morgan fingerprint density at radius 2 is 2.23 bits per heavy atom. The predicted molar refractivity (Wildman–Crippen MR) is 58.5 cm³/mol. The van der Waals surface area contributed by atoms with Crippen molar-refractivity contribution < 1.29 is 4.74 Å². The van der Waals surface area contributed by atoms with E-state index >= 15 is 0 Å². The molecule has 0 fully saturated rings. The van der Waals surface area contributed by atoms with E-state index in [2.05, 4.69) is 24.5 Å². The molecule has 0 aromatic heterocycles. The van der Waals surface area contributed by atoms with Crippen molar-refractivity contribution in [3.8, 4) is 17.6 Å². The Morgan fingerprint density at radius 3 is 2.85 bits per heavy atom. The van der Waals surface area contributed by atoms with Crippen molar-refractivity contribution >= 4 is 12.6 Å². The minimum atomic E-state index is 0.580. The molecule has 13 heavy (non-hydrogen) atoms. The molecule has 2 heteroatoms. The topological polar surface area (TPSA) is 9.23 Å². The van der Waals surface area contributed by atoms with Gasteiger partial charge < -0.3 is 4.74 Å². The number of rotatable bonds is 1. The molecule has 0 bridgehead atoms. The average Bonchev–Trinajstić information content (AvgIpc) is 2.17. The van der Waals surface area contributed by atoms with Crippen molar-refractivity contribution in [1.82, 2.24) is 0 Å². The van der Waals surface area contributed by atoms with Gasteiger partial charge in [0.1, 0.15) is 5.75 Å². The van der Waals surface area contributed by atoms with Gasteiger partial charge in [0.15, 0.2) is 0 Å². The minimum Gasteiger partial charge on any atom is -0.497 e. The van der Waals surface area contributed by atoms with Gasteiger partial charge in [0.25, 0.3) is 0 Å². The highest BCUT2D eigenvalue weighted by Crippen LogP contribution is 2.15. The van der Waals surface area contributed by atoms with Gasteiger partial charge in [-0.15, -0.1) is 0 Å². The van der Waals surface area contributed by atoms with E-state index in [0.717, 1.165) is 16.9 Å². The molecule has 1 aromatic rings. The smallest absolute Gasteiger partial charge is 0.120 e. The highest BCUT2D eigenvalue weighted by atomic mass is 32.1. The van der Waals surface area contributed by atoms with E-state index < -0.39 is 0 Å². The van der Waals surface area contributed by atoms with Crippen molar-refractivity contribution in [2.45, 2.75) is 6.92 Å². The van der Waals surface area contributed by atoms with E-state index in [1.807, 2.05) is 25.1 Å². The van der Waals surface area contributed by atoms with Crippen molar-refractivity contribution in [1.29, 1.82) is 0 Å². The van der Waals surface area contributed by atoms with Gasteiger partial charge in [0.05, 0.1) is 12.9 Å². The second kappa shape index (κ2) is 4.84. The molecule has 0 N–H and O–H groups in total. The molecular weight excluding hydrogens is 180 g/mol. The maximum absolute atomic E-state index is 5.10. The van der Waals surface area contributed by atoms with E-state index in [-0.39, 0.29) is 0 Å². The van der Waals surface area contributed by atoms with Crippen LogP contribution >= 0.6 is 12.6 Å². The van der Waals surface area contributed by atoms with Crippen LogP contribution < -0.4 is 4.74 Å². The van der Waals surface area contributed by atoms with Gasteiger partial charge >= 0.3 is 0 Å². The zero-order chi connectivity index (χ0) is 9.68. The van der Waals surface area contributed by atoms with Crippen LogP contribution in [0.2, 0.25) is 0 Å². The fourth-order valence-corrected chi connectivity index (χ4v) is 1.08. The molecule has 0 atom stereocenters. The first kappa shape index (κ1) is 10.0. The van der Waals surface area contributed by atoms with Crippen LogP contribution in [0.15, 0.2) is 18.2 Å². The molecule has 1 rings (SSSR count). The van der Waals surface area contributed by atoms with Crippen LogP contribution in [-0.2, 0) is 0 Å². The van der Waals surface area contributed by atoms with Crippen LogP contribution in [0.3, 0.4) is 0 Å². The van der Waals surface area contributed by atoms with Crippen molar-refractivity contribution in [3.05, 3.63) is 29.3 Å². The maximum Gasteiger partial charge on any atom is 0.120 e. The van der Waals surface area contributed by atoms with Gasteiger partial charge in [-0.05, 0) is 24.6 Å². The Morgan fingerprint density at radius 1 is 1.46 bits per heavy atom. The lowest BCUT2D eigenvalue weighted by Crippen LogP contribution is -1.86. The zero-order valence-electron chi connectivity index (χ0n) is 7.79. The molecule has 0 radical (unpaired) electrons. The lowest BCUT2D eigenvalue weighted by molar-refractivity contribution is 0.414.